The molecule has 1 fully saturated rings. The third-order valence-electron chi connectivity index (χ3n) is 3.63. The molecule has 20 heavy (non-hydrogen) atoms. The zero-order valence-corrected chi connectivity index (χ0v) is 11.6. The lowest BCUT2D eigenvalue weighted by Gasteiger charge is -2.32. The van der Waals surface area contributed by atoms with E-state index < -0.39 is 6.04 Å². The van der Waals surface area contributed by atoms with E-state index in [9.17, 15) is 4.79 Å². The van der Waals surface area contributed by atoms with Gasteiger partial charge in [0, 0.05) is 6.04 Å². The van der Waals surface area contributed by atoms with Gasteiger partial charge in [-0.25, -0.2) is 0 Å². The van der Waals surface area contributed by atoms with E-state index in [4.69, 9.17) is 15.2 Å². The predicted octanol–water partition coefficient (Wildman–Crippen LogP) is 1.16. The molecule has 2 N–H and O–H groups in total. The van der Waals surface area contributed by atoms with E-state index in [1.165, 1.54) is 0 Å². The Hall–Kier alpha value is -1.75. The Morgan fingerprint density at radius 1 is 1.40 bits per heavy atom. The second-order valence-corrected chi connectivity index (χ2v) is 5.51. The number of rotatable bonds is 4. The molecule has 0 unspecified atom stereocenters. The summed E-state index contributed by atoms with van der Waals surface area (Å²) >= 11 is 0. The summed E-state index contributed by atoms with van der Waals surface area (Å²) in [5.41, 5.74) is 5.72. The first-order valence-electron chi connectivity index (χ1n) is 7.09. The van der Waals surface area contributed by atoms with Crippen LogP contribution < -0.4 is 15.2 Å². The lowest BCUT2D eigenvalue weighted by atomic mass is 10.2. The molecule has 0 aromatic heterocycles. The standard InChI is InChI=1S/C15H20N2O3/c1-10(16)15(18)17(11-6-7-11)8-12-9-19-13-4-2-3-5-14(13)20-12/h2-5,10-12H,6-9,16H2,1H3/t10-,12+/m0/s1. The van der Waals surface area contributed by atoms with Crippen molar-refractivity contribution >= 4 is 5.91 Å². The first kappa shape index (κ1) is 13.2. The van der Waals surface area contributed by atoms with Crippen LogP contribution in [0.4, 0.5) is 0 Å². The number of para-hydroxylation sites is 2. The summed E-state index contributed by atoms with van der Waals surface area (Å²) in [5.74, 6) is 1.50. The Kier molecular flexibility index (Phi) is 3.53. The van der Waals surface area contributed by atoms with Crippen LogP contribution in [0, 0.1) is 0 Å². The fourth-order valence-electron chi connectivity index (χ4n) is 2.44. The molecule has 1 aromatic rings. The maximum atomic E-state index is 12.1. The number of amides is 1. The Labute approximate surface area is 118 Å². The highest BCUT2D eigenvalue weighted by Crippen LogP contribution is 2.33. The quantitative estimate of drug-likeness (QED) is 0.896. The summed E-state index contributed by atoms with van der Waals surface area (Å²) in [6, 6.07) is 7.46. The van der Waals surface area contributed by atoms with Crippen molar-refractivity contribution in [2.75, 3.05) is 13.2 Å². The fourth-order valence-corrected chi connectivity index (χ4v) is 2.44. The van der Waals surface area contributed by atoms with E-state index in [1.54, 1.807) is 6.92 Å². The summed E-state index contributed by atoms with van der Waals surface area (Å²) in [6.07, 6.45) is 1.99. The van der Waals surface area contributed by atoms with Gasteiger partial charge in [-0.3, -0.25) is 4.79 Å². The first-order chi connectivity index (χ1) is 9.65. The predicted molar refractivity (Wildman–Crippen MR) is 74.7 cm³/mol. The van der Waals surface area contributed by atoms with Crippen molar-refractivity contribution < 1.29 is 14.3 Å². The smallest absolute Gasteiger partial charge is 0.239 e. The molecule has 1 aliphatic carbocycles. The lowest BCUT2D eigenvalue weighted by Crippen LogP contribution is -2.49. The Balaban J connectivity index is 1.67. The first-order valence-corrected chi connectivity index (χ1v) is 7.09. The van der Waals surface area contributed by atoms with Crippen LogP contribution in [0.1, 0.15) is 19.8 Å². The highest BCUT2D eigenvalue weighted by atomic mass is 16.6. The molecule has 1 aromatic carbocycles. The molecule has 2 atom stereocenters. The minimum atomic E-state index is -0.465. The van der Waals surface area contributed by atoms with E-state index in [0.717, 1.165) is 24.3 Å². The number of hydrogen-bond acceptors (Lipinski definition) is 4. The third-order valence-corrected chi connectivity index (χ3v) is 3.63. The summed E-state index contributed by atoms with van der Waals surface area (Å²) in [5, 5.41) is 0. The van der Waals surface area contributed by atoms with Gasteiger partial charge in [0.15, 0.2) is 17.6 Å². The number of hydrogen-bond donors (Lipinski definition) is 1. The second kappa shape index (κ2) is 5.32. The Morgan fingerprint density at radius 3 is 2.75 bits per heavy atom. The van der Waals surface area contributed by atoms with E-state index in [-0.39, 0.29) is 12.0 Å². The van der Waals surface area contributed by atoms with Gasteiger partial charge in [-0.15, -0.1) is 0 Å². The van der Waals surface area contributed by atoms with E-state index in [1.807, 2.05) is 29.2 Å². The van der Waals surface area contributed by atoms with Gasteiger partial charge >= 0.3 is 0 Å². The average molecular weight is 276 g/mol. The van der Waals surface area contributed by atoms with E-state index in [2.05, 4.69) is 0 Å². The second-order valence-electron chi connectivity index (χ2n) is 5.51. The average Bonchev–Trinajstić information content (AvgIpc) is 3.28. The van der Waals surface area contributed by atoms with Gasteiger partial charge in [-0.2, -0.15) is 0 Å². The minimum absolute atomic E-state index is 0.00467. The van der Waals surface area contributed by atoms with Gasteiger partial charge < -0.3 is 20.1 Å². The Bertz CT molecular complexity index is 500. The SMILES string of the molecule is C[C@H](N)C(=O)N(C[C@@H]1COc2ccccc2O1)C1CC1. The van der Waals surface area contributed by atoms with Crippen molar-refractivity contribution in [1.82, 2.24) is 4.90 Å². The highest BCUT2D eigenvalue weighted by molar-refractivity contribution is 5.81. The van der Waals surface area contributed by atoms with Crippen LogP contribution in [0.15, 0.2) is 24.3 Å². The molecule has 0 bridgehead atoms. The lowest BCUT2D eigenvalue weighted by molar-refractivity contribution is -0.134. The maximum Gasteiger partial charge on any atom is 0.239 e. The summed E-state index contributed by atoms with van der Waals surface area (Å²) in [6.45, 7) is 2.73. The molecule has 1 amide bonds. The van der Waals surface area contributed by atoms with Gasteiger partial charge in [-0.05, 0) is 31.9 Å². The third kappa shape index (κ3) is 2.72. The topological polar surface area (TPSA) is 64.8 Å². The summed E-state index contributed by atoms with van der Waals surface area (Å²) in [4.78, 5) is 14.0. The minimum Gasteiger partial charge on any atom is -0.486 e. The van der Waals surface area contributed by atoms with Crippen molar-refractivity contribution in [2.24, 2.45) is 5.73 Å². The number of ether oxygens (including phenoxy) is 2. The largest absolute Gasteiger partial charge is 0.486 e. The molecular weight excluding hydrogens is 256 g/mol. The van der Waals surface area contributed by atoms with Crippen LogP contribution >= 0.6 is 0 Å². The van der Waals surface area contributed by atoms with E-state index >= 15 is 0 Å². The molecule has 5 nitrogen and oxygen atoms in total. The van der Waals surface area contributed by atoms with Gasteiger partial charge in [-0.1, -0.05) is 12.1 Å². The Morgan fingerprint density at radius 2 is 2.10 bits per heavy atom. The fraction of sp³-hybridized carbons (Fsp3) is 0.533. The molecule has 1 heterocycles. The van der Waals surface area contributed by atoms with Crippen LogP contribution in [-0.2, 0) is 4.79 Å². The van der Waals surface area contributed by atoms with Crippen LogP contribution in [0.2, 0.25) is 0 Å². The van der Waals surface area contributed by atoms with Crippen LogP contribution in [-0.4, -0.2) is 42.1 Å². The van der Waals surface area contributed by atoms with Crippen molar-refractivity contribution in [3.63, 3.8) is 0 Å². The van der Waals surface area contributed by atoms with Gasteiger partial charge in [0.25, 0.3) is 0 Å². The van der Waals surface area contributed by atoms with Crippen LogP contribution in [0.25, 0.3) is 0 Å². The monoisotopic (exact) mass is 276 g/mol. The molecule has 0 saturated heterocycles. The van der Waals surface area contributed by atoms with Crippen molar-refractivity contribution in [2.45, 2.75) is 38.0 Å². The normalized spacial score (nSPS) is 22.2. The molecule has 0 spiro atoms. The molecule has 108 valence electrons. The van der Waals surface area contributed by atoms with Gasteiger partial charge in [0.1, 0.15) is 6.61 Å². The highest BCUT2D eigenvalue weighted by Gasteiger charge is 2.36. The number of fused-ring (bicyclic) bond motifs is 1. The molecule has 1 saturated carbocycles. The summed E-state index contributed by atoms with van der Waals surface area (Å²) < 4.78 is 11.6. The molecule has 5 heteroatoms. The molecule has 3 rings (SSSR count). The summed E-state index contributed by atoms with van der Waals surface area (Å²) in [7, 11) is 0. The zero-order chi connectivity index (χ0) is 14.1. The van der Waals surface area contributed by atoms with Crippen LogP contribution in [0.5, 0.6) is 11.5 Å². The number of nitrogens with zero attached hydrogens (tertiary/aromatic N) is 1. The zero-order valence-electron chi connectivity index (χ0n) is 11.6. The number of benzene rings is 1. The number of carbonyl (C=O) groups is 1. The van der Waals surface area contributed by atoms with Crippen LogP contribution in [0.3, 0.4) is 0 Å². The number of nitrogens with two attached hydrogens (primary N) is 1. The molecule has 2 aliphatic rings. The number of carbonyl (C=O) groups excluding carboxylic acids is 1. The maximum absolute atomic E-state index is 12.1. The van der Waals surface area contributed by atoms with Crippen molar-refractivity contribution in [3.8, 4) is 11.5 Å². The van der Waals surface area contributed by atoms with Crippen molar-refractivity contribution in [3.05, 3.63) is 24.3 Å². The van der Waals surface area contributed by atoms with Gasteiger partial charge in [0.2, 0.25) is 5.91 Å². The van der Waals surface area contributed by atoms with Gasteiger partial charge in [0.05, 0.1) is 12.6 Å². The van der Waals surface area contributed by atoms with E-state index in [0.29, 0.717) is 19.2 Å². The molecule has 0 radical (unpaired) electrons. The molecule has 1 aliphatic heterocycles. The van der Waals surface area contributed by atoms with Crippen molar-refractivity contribution in [1.29, 1.82) is 0 Å². The molecular formula is C15H20N2O3.